The fourth-order valence-electron chi connectivity index (χ4n) is 2.73. The monoisotopic (exact) mass is 283 g/mol. The van der Waals surface area contributed by atoms with Crippen LogP contribution in [0.2, 0.25) is 5.02 Å². The second-order valence-electron chi connectivity index (χ2n) is 5.26. The number of halogens is 2. The molecule has 2 rings (SSSR count). The molecule has 0 saturated carbocycles. The van der Waals surface area contributed by atoms with E-state index in [1.54, 1.807) is 6.07 Å². The molecule has 0 aliphatic carbocycles. The number of piperidine rings is 1. The molecule has 1 saturated heterocycles. The molecule has 1 fully saturated rings. The van der Waals surface area contributed by atoms with Gasteiger partial charge < -0.3 is 5.32 Å². The number of Topliss-reactive ketones (excluding diaryl/α,β-unsaturated/α-hetero) is 1. The first-order valence-corrected chi connectivity index (χ1v) is 7.13. The number of benzene rings is 1. The summed E-state index contributed by atoms with van der Waals surface area (Å²) in [5, 5.41) is 3.40. The molecule has 0 spiro atoms. The highest BCUT2D eigenvalue weighted by Crippen LogP contribution is 2.32. The van der Waals surface area contributed by atoms with E-state index in [-0.39, 0.29) is 22.6 Å². The molecule has 104 valence electrons. The van der Waals surface area contributed by atoms with E-state index < -0.39 is 5.82 Å². The Morgan fingerprint density at radius 2 is 2.32 bits per heavy atom. The molecule has 1 N–H and O–H groups in total. The van der Waals surface area contributed by atoms with Crippen LogP contribution < -0.4 is 5.32 Å². The zero-order valence-corrected chi connectivity index (χ0v) is 11.9. The Morgan fingerprint density at radius 3 is 2.89 bits per heavy atom. The van der Waals surface area contributed by atoms with Gasteiger partial charge in [0.05, 0.1) is 5.02 Å². The zero-order valence-electron chi connectivity index (χ0n) is 11.1. The Balaban J connectivity index is 2.12. The van der Waals surface area contributed by atoms with Crippen molar-refractivity contribution < 1.29 is 9.18 Å². The molecule has 19 heavy (non-hydrogen) atoms. The minimum atomic E-state index is -0.459. The van der Waals surface area contributed by atoms with Crippen molar-refractivity contribution in [2.24, 2.45) is 5.41 Å². The Bertz CT molecular complexity index is 469. The number of hydrogen-bond acceptors (Lipinski definition) is 2. The highest BCUT2D eigenvalue weighted by Gasteiger charge is 2.37. The third-order valence-corrected chi connectivity index (χ3v) is 4.40. The predicted octanol–water partition coefficient (Wildman–Crippen LogP) is 3.37. The SMILES string of the molecule is CCC1(C(=O)Cc2ccc(Cl)c(F)c2)CCCNC1. The summed E-state index contributed by atoms with van der Waals surface area (Å²) < 4.78 is 13.4. The standard InChI is InChI=1S/C15H19ClFNO/c1-2-15(6-3-7-18-10-15)14(19)9-11-4-5-12(16)13(17)8-11/h4-5,8,18H,2-3,6-7,9-10H2,1H3. The summed E-state index contributed by atoms with van der Waals surface area (Å²) >= 11 is 5.65. The highest BCUT2D eigenvalue weighted by molar-refractivity contribution is 6.30. The molecule has 1 atom stereocenters. The van der Waals surface area contributed by atoms with Gasteiger partial charge in [-0.1, -0.05) is 24.6 Å². The summed E-state index contributed by atoms with van der Waals surface area (Å²) in [6, 6.07) is 4.60. The van der Waals surface area contributed by atoms with Crippen molar-refractivity contribution in [1.82, 2.24) is 5.32 Å². The van der Waals surface area contributed by atoms with Crippen molar-refractivity contribution in [2.75, 3.05) is 13.1 Å². The smallest absolute Gasteiger partial charge is 0.144 e. The first-order valence-electron chi connectivity index (χ1n) is 6.75. The van der Waals surface area contributed by atoms with Crippen LogP contribution in [0.25, 0.3) is 0 Å². The summed E-state index contributed by atoms with van der Waals surface area (Å²) in [4.78, 5) is 12.5. The molecular weight excluding hydrogens is 265 g/mol. The van der Waals surface area contributed by atoms with E-state index in [9.17, 15) is 9.18 Å². The molecule has 0 radical (unpaired) electrons. The van der Waals surface area contributed by atoms with Gasteiger partial charge >= 0.3 is 0 Å². The summed E-state index contributed by atoms with van der Waals surface area (Å²) in [6.45, 7) is 3.76. The van der Waals surface area contributed by atoms with Gasteiger partial charge in [-0.15, -0.1) is 0 Å². The van der Waals surface area contributed by atoms with Gasteiger partial charge in [0.25, 0.3) is 0 Å². The van der Waals surface area contributed by atoms with Crippen LogP contribution in [0.1, 0.15) is 31.7 Å². The third-order valence-electron chi connectivity index (χ3n) is 4.09. The van der Waals surface area contributed by atoms with Gasteiger partial charge in [0, 0.05) is 18.4 Å². The molecule has 4 heteroatoms. The normalized spacial score (nSPS) is 23.3. The van der Waals surface area contributed by atoms with E-state index in [1.807, 2.05) is 6.92 Å². The van der Waals surface area contributed by atoms with Crippen LogP contribution in [0.5, 0.6) is 0 Å². The topological polar surface area (TPSA) is 29.1 Å². The summed E-state index contributed by atoms with van der Waals surface area (Å²) in [5.74, 6) is -0.261. The van der Waals surface area contributed by atoms with E-state index in [0.717, 1.165) is 32.4 Å². The van der Waals surface area contributed by atoms with Crippen LogP contribution in [-0.2, 0) is 11.2 Å². The van der Waals surface area contributed by atoms with Crippen molar-refractivity contribution in [3.05, 3.63) is 34.6 Å². The number of ketones is 1. The van der Waals surface area contributed by atoms with Gasteiger partial charge in [0.2, 0.25) is 0 Å². The second kappa shape index (κ2) is 6.02. The average Bonchev–Trinajstić information content (AvgIpc) is 2.43. The summed E-state index contributed by atoms with van der Waals surface area (Å²) in [5.41, 5.74) is 0.416. The van der Waals surface area contributed by atoms with Crippen molar-refractivity contribution >= 4 is 17.4 Å². The lowest BCUT2D eigenvalue weighted by Crippen LogP contribution is -2.45. The van der Waals surface area contributed by atoms with E-state index in [2.05, 4.69) is 5.32 Å². The largest absolute Gasteiger partial charge is 0.316 e. The number of rotatable bonds is 4. The van der Waals surface area contributed by atoms with Crippen molar-refractivity contribution in [2.45, 2.75) is 32.6 Å². The van der Waals surface area contributed by atoms with Crippen LogP contribution in [0, 0.1) is 11.2 Å². The summed E-state index contributed by atoms with van der Waals surface area (Å²) in [6.07, 6.45) is 3.05. The molecule has 0 aromatic heterocycles. The minimum absolute atomic E-state index is 0.0979. The fourth-order valence-corrected chi connectivity index (χ4v) is 2.84. The van der Waals surface area contributed by atoms with Gasteiger partial charge in [0.15, 0.2) is 0 Å². The molecular formula is C15H19ClFNO. The van der Waals surface area contributed by atoms with Crippen molar-refractivity contribution in [3.63, 3.8) is 0 Å². The number of hydrogen-bond donors (Lipinski definition) is 1. The fraction of sp³-hybridized carbons (Fsp3) is 0.533. The van der Waals surface area contributed by atoms with E-state index >= 15 is 0 Å². The maximum absolute atomic E-state index is 13.4. The third kappa shape index (κ3) is 3.15. The predicted molar refractivity (Wildman–Crippen MR) is 74.9 cm³/mol. The Kier molecular flexibility index (Phi) is 4.58. The minimum Gasteiger partial charge on any atom is -0.316 e. The van der Waals surface area contributed by atoms with E-state index in [0.29, 0.717) is 5.56 Å². The number of carbonyl (C=O) groups excluding carboxylic acids is 1. The molecule has 1 aromatic carbocycles. The molecule has 0 amide bonds. The maximum atomic E-state index is 13.4. The van der Waals surface area contributed by atoms with E-state index in [1.165, 1.54) is 12.1 Å². The van der Waals surface area contributed by atoms with E-state index in [4.69, 9.17) is 11.6 Å². The number of nitrogens with one attached hydrogen (secondary N) is 1. The van der Waals surface area contributed by atoms with Crippen LogP contribution in [-0.4, -0.2) is 18.9 Å². The first kappa shape index (κ1) is 14.5. The number of carbonyl (C=O) groups is 1. The van der Waals surface area contributed by atoms with Crippen LogP contribution in [0.4, 0.5) is 4.39 Å². The molecule has 1 aliphatic rings. The second-order valence-corrected chi connectivity index (χ2v) is 5.67. The highest BCUT2D eigenvalue weighted by atomic mass is 35.5. The van der Waals surface area contributed by atoms with Gasteiger partial charge in [-0.3, -0.25) is 4.79 Å². The van der Waals surface area contributed by atoms with Crippen LogP contribution in [0.3, 0.4) is 0 Å². The lowest BCUT2D eigenvalue weighted by molar-refractivity contribution is -0.129. The Hall–Kier alpha value is -0.930. The molecule has 1 aromatic rings. The van der Waals surface area contributed by atoms with Gasteiger partial charge in [-0.05, 0) is 43.5 Å². The van der Waals surface area contributed by atoms with Crippen LogP contribution >= 0.6 is 11.6 Å². The van der Waals surface area contributed by atoms with Crippen LogP contribution in [0.15, 0.2) is 18.2 Å². The van der Waals surface area contributed by atoms with Gasteiger partial charge in [-0.2, -0.15) is 0 Å². The van der Waals surface area contributed by atoms with Crippen molar-refractivity contribution in [3.8, 4) is 0 Å². The molecule has 1 heterocycles. The molecule has 0 bridgehead atoms. The first-order chi connectivity index (χ1) is 9.07. The Labute approximate surface area is 118 Å². The lowest BCUT2D eigenvalue weighted by atomic mass is 9.73. The van der Waals surface area contributed by atoms with Gasteiger partial charge in [-0.25, -0.2) is 4.39 Å². The van der Waals surface area contributed by atoms with Gasteiger partial charge in [0.1, 0.15) is 11.6 Å². The zero-order chi connectivity index (χ0) is 13.9. The molecule has 1 aliphatic heterocycles. The average molecular weight is 284 g/mol. The molecule has 1 unspecified atom stereocenters. The quantitative estimate of drug-likeness (QED) is 0.918. The molecule has 2 nitrogen and oxygen atoms in total. The Morgan fingerprint density at radius 1 is 1.53 bits per heavy atom. The maximum Gasteiger partial charge on any atom is 0.144 e. The summed E-state index contributed by atoms with van der Waals surface area (Å²) in [7, 11) is 0. The lowest BCUT2D eigenvalue weighted by Gasteiger charge is -2.35. The van der Waals surface area contributed by atoms with Crippen molar-refractivity contribution in [1.29, 1.82) is 0 Å².